The second-order valence-electron chi connectivity index (χ2n) is 7.34. The summed E-state index contributed by atoms with van der Waals surface area (Å²) >= 11 is 0. The van der Waals surface area contributed by atoms with Gasteiger partial charge in [-0.3, -0.25) is 4.98 Å². The van der Waals surface area contributed by atoms with Crippen molar-refractivity contribution in [2.24, 2.45) is 0 Å². The molecule has 3 heterocycles. The highest BCUT2D eigenvalue weighted by molar-refractivity contribution is 5.71. The fourth-order valence-electron chi connectivity index (χ4n) is 3.49. The van der Waals surface area contributed by atoms with Gasteiger partial charge in [0.1, 0.15) is 23.3 Å². The number of methoxy groups -OCH3 is 1. The SMILES string of the molecule is COc1ccc(-c2c(C#N)c(C)nc3nc(Nc4ccc(Oc5ccncc5)cc4)nn23)cc1. The quantitative estimate of drug-likeness (QED) is 0.389. The van der Waals surface area contributed by atoms with E-state index in [1.54, 1.807) is 43.1 Å². The van der Waals surface area contributed by atoms with Gasteiger partial charge >= 0.3 is 0 Å². The van der Waals surface area contributed by atoms with Crippen LogP contribution in [0.3, 0.4) is 0 Å². The lowest BCUT2D eigenvalue weighted by Gasteiger charge is -2.09. The van der Waals surface area contributed by atoms with Crippen molar-refractivity contribution in [3.05, 3.63) is 84.3 Å². The van der Waals surface area contributed by atoms with Crippen molar-refractivity contribution in [3.8, 4) is 34.6 Å². The van der Waals surface area contributed by atoms with Gasteiger partial charge in [-0.2, -0.15) is 14.8 Å². The summed E-state index contributed by atoms with van der Waals surface area (Å²) in [6.45, 7) is 1.79. The molecule has 0 aliphatic carbocycles. The second-order valence-corrected chi connectivity index (χ2v) is 7.34. The maximum absolute atomic E-state index is 9.79. The molecule has 0 unspecified atom stereocenters. The molecular formula is C25H19N7O2. The van der Waals surface area contributed by atoms with Gasteiger partial charge in [0.15, 0.2) is 0 Å². The zero-order valence-electron chi connectivity index (χ0n) is 18.4. The van der Waals surface area contributed by atoms with Crippen LogP contribution < -0.4 is 14.8 Å². The molecule has 166 valence electrons. The van der Waals surface area contributed by atoms with Crippen molar-refractivity contribution >= 4 is 17.4 Å². The number of hydrogen-bond donors (Lipinski definition) is 1. The van der Waals surface area contributed by atoms with Crippen LogP contribution in [0.5, 0.6) is 17.2 Å². The van der Waals surface area contributed by atoms with E-state index in [-0.39, 0.29) is 0 Å². The molecule has 2 aromatic carbocycles. The Morgan fingerprint density at radius 2 is 1.56 bits per heavy atom. The third-order valence-corrected chi connectivity index (χ3v) is 5.14. The van der Waals surface area contributed by atoms with Crippen molar-refractivity contribution in [2.75, 3.05) is 12.4 Å². The Morgan fingerprint density at radius 1 is 0.882 bits per heavy atom. The Hall–Kier alpha value is -4.97. The van der Waals surface area contributed by atoms with Gasteiger partial charge in [0.2, 0.25) is 5.95 Å². The highest BCUT2D eigenvalue weighted by Gasteiger charge is 2.18. The first-order valence-electron chi connectivity index (χ1n) is 10.4. The van der Waals surface area contributed by atoms with Gasteiger partial charge in [0.05, 0.1) is 24.1 Å². The van der Waals surface area contributed by atoms with Crippen LogP contribution in [0.15, 0.2) is 73.1 Å². The van der Waals surface area contributed by atoms with E-state index < -0.39 is 0 Å². The summed E-state index contributed by atoms with van der Waals surface area (Å²) in [5.74, 6) is 2.87. The van der Waals surface area contributed by atoms with Crippen LogP contribution in [0.2, 0.25) is 0 Å². The Balaban J connectivity index is 1.46. The number of aryl methyl sites for hydroxylation is 1. The number of nitriles is 1. The van der Waals surface area contributed by atoms with Crippen LogP contribution in [0.4, 0.5) is 11.6 Å². The maximum Gasteiger partial charge on any atom is 0.254 e. The number of nitrogens with one attached hydrogen (secondary N) is 1. The first kappa shape index (κ1) is 20.9. The number of ether oxygens (including phenoxy) is 2. The van der Waals surface area contributed by atoms with Crippen molar-refractivity contribution in [1.29, 1.82) is 5.26 Å². The Morgan fingerprint density at radius 3 is 2.24 bits per heavy atom. The average molecular weight is 449 g/mol. The molecule has 0 saturated carbocycles. The van der Waals surface area contributed by atoms with Gasteiger partial charge in [0, 0.05) is 23.6 Å². The van der Waals surface area contributed by atoms with Crippen molar-refractivity contribution in [1.82, 2.24) is 24.6 Å². The van der Waals surface area contributed by atoms with Crippen LogP contribution in [0.25, 0.3) is 17.0 Å². The summed E-state index contributed by atoms with van der Waals surface area (Å²) in [5.41, 5.74) is 3.22. The summed E-state index contributed by atoms with van der Waals surface area (Å²) in [5, 5.41) is 17.6. The number of fused-ring (bicyclic) bond motifs is 1. The lowest BCUT2D eigenvalue weighted by Crippen LogP contribution is -2.03. The molecule has 0 aliphatic rings. The minimum Gasteiger partial charge on any atom is -0.497 e. The Kier molecular flexibility index (Phi) is 5.46. The molecule has 0 atom stereocenters. The highest BCUT2D eigenvalue weighted by atomic mass is 16.5. The van der Waals surface area contributed by atoms with E-state index in [1.165, 1.54) is 0 Å². The van der Waals surface area contributed by atoms with Crippen LogP contribution in [0.1, 0.15) is 11.3 Å². The van der Waals surface area contributed by atoms with Crippen LogP contribution in [-0.4, -0.2) is 31.7 Å². The van der Waals surface area contributed by atoms with E-state index in [0.717, 1.165) is 17.0 Å². The van der Waals surface area contributed by atoms with E-state index >= 15 is 0 Å². The fraction of sp³-hybridized carbons (Fsp3) is 0.0800. The number of pyridine rings is 1. The van der Waals surface area contributed by atoms with Crippen molar-refractivity contribution < 1.29 is 9.47 Å². The van der Waals surface area contributed by atoms with Crippen molar-refractivity contribution in [3.63, 3.8) is 0 Å². The zero-order valence-corrected chi connectivity index (χ0v) is 18.4. The molecule has 0 aliphatic heterocycles. The molecular weight excluding hydrogens is 430 g/mol. The second kappa shape index (κ2) is 8.88. The monoisotopic (exact) mass is 449 g/mol. The molecule has 9 heteroatoms. The molecule has 5 aromatic rings. The summed E-state index contributed by atoms with van der Waals surface area (Å²) in [6.07, 6.45) is 3.35. The molecule has 1 N–H and O–H groups in total. The van der Waals surface area contributed by atoms with Crippen LogP contribution in [-0.2, 0) is 0 Å². The van der Waals surface area contributed by atoms with Gasteiger partial charge < -0.3 is 14.8 Å². The zero-order chi connectivity index (χ0) is 23.5. The molecule has 9 nitrogen and oxygen atoms in total. The van der Waals surface area contributed by atoms with Gasteiger partial charge in [-0.1, -0.05) is 0 Å². The first-order chi connectivity index (χ1) is 16.6. The summed E-state index contributed by atoms with van der Waals surface area (Å²) in [7, 11) is 1.61. The van der Waals surface area contributed by atoms with E-state index in [1.807, 2.05) is 48.5 Å². The number of nitrogens with zero attached hydrogens (tertiary/aromatic N) is 6. The lowest BCUT2D eigenvalue weighted by atomic mass is 10.1. The molecule has 0 radical (unpaired) electrons. The maximum atomic E-state index is 9.79. The molecule has 5 rings (SSSR count). The topological polar surface area (TPSA) is 110 Å². The minimum absolute atomic E-state index is 0.361. The third kappa shape index (κ3) is 4.08. The normalized spacial score (nSPS) is 10.6. The minimum atomic E-state index is 0.361. The van der Waals surface area contributed by atoms with E-state index in [2.05, 4.69) is 31.4 Å². The molecule has 0 fully saturated rings. The van der Waals surface area contributed by atoms with E-state index in [4.69, 9.17) is 9.47 Å². The average Bonchev–Trinajstić information content (AvgIpc) is 3.26. The summed E-state index contributed by atoms with van der Waals surface area (Å²) in [6, 6.07) is 20.7. The van der Waals surface area contributed by atoms with Gasteiger partial charge in [-0.15, -0.1) is 5.10 Å². The molecule has 3 aromatic heterocycles. The molecule has 0 spiro atoms. The van der Waals surface area contributed by atoms with E-state index in [0.29, 0.717) is 40.2 Å². The van der Waals surface area contributed by atoms with Gasteiger partial charge in [-0.05, 0) is 67.6 Å². The Bertz CT molecular complexity index is 1490. The number of anilines is 2. The smallest absolute Gasteiger partial charge is 0.254 e. The largest absolute Gasteiger partial charge is 0.497 e. The summed E-state index contributed by atoms with van der Waals surface area (Å²) in [4.78, 5) is 13.0. The van der Waals surface area contributed by atoms with E-state index in [9.17, 15) is 5.26 Å². The predicted molar refractivity (Wildman–Crippen MR) is 126 cm³/mol. The standard InChI is InChI=1S/C25H19N7O2/c1-16-22(15-26)23(17-3-7-19(33-2)8-4-17)32-25(28-16)30-24(31-32)29-18-5-9-20(10-6-18)34-21-11-13-27-14-12-21/h3-14H,1-2H3,(H,29,31). The number of aromatic nitrogens is 5. The molecule has 0 bridgehead atoms. The van der Waals surface area contributed by atoms with Crippen LogP contribution in [0, 0.1) is 18.3 Å². The fourth-order valence-corrected chi connectivity index (χ4v) is 3.49. The number of benzene rings is 2. The Labute approximate surface area is 195 Å². The predicted octanol–water partition coefficient (Wildman–Crippen LogP) is 4.91. The molecule has 0 saturated heterocycles. The van der Waals surface area contributed by atoms with Crippen LogP contribution >= 0.6 is 0 Å². The number of rotatable bonds is 6. The summed E-state index contributed by atoms with van der Waals surface area (Å²) < 4.78 is 12.6. The van der Waals surface area contributed by atoms with Gasteiger partial charge in [-0.25, -0.2) is 4.98 Å². The van der Waals surface area contributed by atoms with Crippen molar-refractivity contribution in [2.45, 2.75) is 6.92 Å². The van der Waals surface area contributed by atoms with Gasteiger partial charge in [0.25, 0.3) is 5.78 Å². The number of hydrogen-bond acceptors (Lipinski definition) is 8. The highest BCUT2D eigenvalue weighted by Crippen LogP contribution is 2.28. The molecule has 34 heavy (non-hydrogen) atoms. The lowest BCUT2D eigenvalue weighted by molar-refractivity contribution is 0.415. The first-order valence-corrected chi connectivity index (χ1v) is 10.4. The third-order valence-electron chi connectivity index (χ3n) is 5.14. The molecule has 0 amide bonds.